The Morgan fingerprint density at radius 1 is 0.956 bits per heavy atom. The summed E-state index contributed by atoms with van der Waals surface area (Å²) in [6.07, 6.45) is 6.20. The third kappa shape index (κ3) is 10.4. The molecule has 3 aliphatic heterocycles. The Balaban J connectivity index is 0.839. The lowest BCUT2D eigenvalue weighted by atomic mass is 9.89. The van der Waals surface area contributed by atoms with E-state index in [2.05, 4.69) is 64.3 Å². The molecule has 360 valence electrons. The molecule has 3 fully saturated rings. The van der Waals surface area contributed by atoms with Crippen LogP contribution in [0.25, 0.3) is 10.9 Å². The Labute approximate surface area is 400 Å². The van der Waals surface area contributed by atoms with Crippen molar-refractivity contribution in [3.05, 3.63) is 86.5 Å². The third-order valence-corrected chi connectivity index (χ3v) is 15.0. The molecule has 2 atom stereocenters. The average Bonchev–Trinajstić information content (AvgIpc) is 3.81. The van der Waals surface area contributed by atoms with Crippen molar-refractivity contribution in [2.75, 3.05) is 80.1 Å². The van der Waals surface area contributed by atoms with Crippen molar-refractivity contribution in [3.63, 3.8) is 0 Å². The molecule has 3 aromatic carbocycles. The van der Waals surface area contributed by atoms with E-state index >= 15 is 8.78 Å². The Morgan fingerprint density at radius 3 is 2.38 bits per heavy atom. The minimum absolute atomic E-state index is 0.0155. The van der Waals surface area contributed by atoms with Crippen molar-refractivity contribution in [2.24, 2.45) is 13.0 Å². The monoisotopic (exact) mass is 1020 g/mol. The number of piperidine rings is 2. The number of aryl methyl sites for hydroxylation is 2. The number of nitrogens with zero attached hydrogens (tertiary/aromatic N) is 6. The second-order valence-corrected chi connectivity index (χ2v) is 21.8. The maximum atomic E-state index is 15.2. The van der Waals surface area contributed by atoms with Gasteiger partial charge in [-0.05, 0) is 97.3 Å². The zero-order valence-electron chi connectivity index (χ0n) is 38.6. The zero-order chi connectivity index (χ0) is 48.4. The quantitative estimate of drug-likeness (QED) is 0.0479. The minimum Gasteiger partial charge on any atom is -0.494 e. The molecule has 3 aliphatic rings. The molecule has 2 unspecified atom stereocenters. The molecule has 2 aromatic heterocycles. The van der Waals surface area contributed by atoms with Crippen molar-refractivity contribution in [3.8, 4) is 5.75 Å². The van der Waals surface area contributed by atoms with Crippen molar-refractivity contribution >= 4 is 91.5 Å². The first-order chi connectivity index (χ1) is 32.5. The number of hydrogen-bond acceptors (Lipinski definition) is 14. The normalized spacial score (nSPS) is 17.9. The van der Waals surface area contributed by atoms with Crippen LogP contribution in [0.4, 0.5) is 43.3 Å². The smallest absolute Gasteiger partial charge is 0.261 e. The molecule has 5 heterocycles. The van der Waals surface area contributed by atoms with E-state index in [1.54, 1.807) is 50.7 Å². The fraction of sp³-hybridized carbons (Fsp3) is 0.426. The highest BCUT2D eigenvalue weighted by Gasteiger charge is 2.35. The first kappa shape index (κ1) is 48.5. The lowest BCUT2D eigenvalue weighted by Gasteiger charge is -2.35. The summed E-state index contributed by atoms with van der Waals surface area (Å²) in [5, 5.41) is 16.1. The molecule has 0 saturated carbocycles. The van der Waals surface area contributed by atoms with E-state index in [1.165, 1.54) is 23.0 Å². The predicted molar refractivity (Wildman–Crippen MR) is 263 cm³/mol. The van der Waals surface area contributed by atoms with Gasteiger partial charge in [-0.15, -0.1) is 0 Å². The number of halogens is 3. The van der Waals surface area contributed by atoms with Crippen LogP contribution in [0.5, 0.6) is 5.75 Å². The van der Waals surface area contributed by atoms with E-state index in [0.29, 0.717) is 81.9 Å². The van der Waals surface area contributed by atoms with Gasteiger partial charge in [0.25, 0.3) is 5.56 Å². The van der Waals surface area contributed by atoms with Crippen molar-refractivity contribution < 1.29 is 32.5 Å². The van der Waals surface area contributed by atoms with E-state index in [4.69, 9.17) is 9.72 Å². The fourth-order valence-corrected chi connectivity index (χ4v) is 11.1. The van der Waals surface area contributed by atoms with Gasteiger partial charge in [0, 0.05) is 93.3 Å². The number of ether oxygens (including phenoxy) is 1. The number of rotatable bonds is 15. The number of amides is 3. The van der Waals surface area contributed by atoms with Gasteiger partial charge in [-0.25, -0.2) is 18.7 Å². The van der Waals surface area contributed by atoms with Gasteiger partial charge in [0.1, 0.15) is 30.3 Å². The van der Waals surface area contributed by atoms with Crippen LogP contribution in [0.15, 0.2) is 58.2 Å². The second-order valence-electron chi connectivity index (χ2n) is 17.8. The lowest BCUT2D eigenvalue weighted by Crippen LogP contribution is -2.45. The molecule has 8 rings (SSSR count). The number of carbonyl (C=O) groups is 3. The maximum Gasteiger partial charge on any atom is 0.261 e. The Kier molecular flexibility index (Phi) is 14.5. The summed E-state index contributed by atoms with van der Waals surface area (Å²) in [6.45, 7) is 8.77. The van der Waals surface area contributed by atoms with Crippen LogP contribution < -0.4 is 52.0 Å². The van der Waals surface area contributed by atoms with Gasteiger partial charge >= 0.3 is 0 Å². The van der Waals surface area contributed by atoms with Gasteiger partial charge in [-0.2, -0.15) is 4.98 Å². The average molecular weight is 1020 g/mol. The second kappa shape index (κ2) is 20.3. The van der Waals surface area contributed by atoms with Crippen LogP contribution in [0.1, 0.15) is 56.1 Å². The number of imide groups is 1. The molecule has 3 amide bonds. The van der Waals surface area contributed by atoms with Crippen LogP contribution in [0.3, 0.4) is 0 Å². The molecule has 0 radical (unpaired) electrons. The van der Waals surface area contributed by atoms with Gasteiger partial charge in [0.05, 0.1) is 52.0 Å². The van der Waals surface area contributed by atoms with Crippen molar-refractivity contribution in [2.45, 2.75) is 57.4 Å². The van der Waals surface area contributed by atoms with Crippen LogP contribution in [-0.4, -0.2) is 103 Å². The number of fused-ring (bicyclic) bond motifs is 1. The standard InChI is InChI=1S/C47H55BrF2N11O6P/c1-6-26-19-36(56-47-53-23-31(48)43(58-47)55-35-9-8-34-41(42(35)68(4,5)66)46(65)59(2)25-54-34)38(67-3)22-37(26)60-17-12-28(13-18-60)51-14-15-52-44(63)27-11-16-61(24-27)29-20-32(49)40(33(50)21-29)30-7-10-39(62)57-45(30)64/h8-9,19-23,25,27-28,30,51H,6-7,10-18,24H2,1-5H3,(H,52,63)(H,57,62,64)(H2,53,55,56,58). The summed E-state index contributed by atoms with van der Waals surface area (Å²) in [5.74, 6) is -3.07. The molecule has 5 aromatic rings. The first-order valence-electron chi connectivity index (χ1n) is 22.7. The van der Waals surface area contributed by atoms with Crippen molar-refractivity contribution in [1.29, 1.82) is 0 Å². The number of aromatic nitrogens is 4. The highest BCUT2D eigenvalue weighted by atomic mass is 79.9. The zero-order valence-corrected chi connectivity index (χ0v) is 41.0. The van der Waals surface area contributed by atoms with Crippen LogP contribution in [0, 0.1) is 17.6 Å². The summed E-state index contributed by atoms with van der Waals surface area (Å²) in [7, 11) is 0.231. The molecule has 0 spiro atoms. The van der Waals surface area contributed by atoms with E-state index < -0.39 is 36.5 Å². The Morgan fingerprint density at radius 2 is 1.69 bits per heavy atom. The predicted octanol–water partition coefficient (Wildman–Crippen LogP) is 5.79. The molecule has 0 bridgehead atoms. The fourth-order valence-electron chi connectivity index (χ4n) is 9.35. The van der Waals surface area contributed by atoms with Gasteiger partial charge in [-0.1, -0.05) is 6.92 Å². The van der Waals surface area contributed by atoms with Gasteiger partial charge in [-0.3, -0.25) is 24.5 Å². The summed E-state index contributed by atoms with van der Waals surface area (Å²) in [6, 6.07) is 10.2. The first-order valence-corrected chi connectivity index (χ1v) is 26.1. The van der Waals surface area contributed by atoms with Gasteiger partial charge in [0.2, 0.25) is 23.7 Å². The molecular formula is C47H55BrF2N11O6P. The van der Waals surface area contributed by atoms with Gasteiger partial charge in [0.15, 0.2) is 0 Å². The van der Waals surface area contributed by atoms with Gasteiger partial charge < -0.3 is 44.9 Å². The Bertz CT molecular complexity index is 2870. The number of methoxy groups -OCH3 is 1. The summed E-state index contributed by atoms with van der Waals surface area (Å²) < 4.78 is 51.8. The maximum absolute atomic E-state index is 15.2. The van der Waals surface area contributed by atoms with E-state index in [1.807, 2.05) is 12.1 Å². The van der Waals surface area contributed by atoms with Crippen molar-refractivity contribution in [1.82, 2.24) is 35.5 Å². The number of benzene rings is 3. The van der Waals surface area contributed by atoms with Crippen LogP contribution in [-0.2, 0) is 32.4 Å². The lowest BCUT2D eigenvalue weighted by molar-refractivity contribution is -0.134. The molecular weight excluding hydrogens is 963 g/mol. The molecule has 0 aliphatic carbocycles. The number of anilines is 6. The minimum atomic E-state index is -2.99. The van der Waals surface area contributed by atoms with Crippen LogP contribution >= 0.6 is 23.1 Å². The molecule has 5 N–H and O–H groups in total. The molecule has 68 heavy (non-hydrogen) atoms. The summed E-state index contributed by atoms with van der Waals surface area (Å²) in [4.78, 5) is 67.9. The number of nitrogens with one attached hydrogen (secondary N) is 5. The summed E-state index contributed by atoms with van der Waals surface area (Å²) in [5.41, 5.74) is 3.48. The SMILES string of the molecule is CCc1cc(Nc2ncc(Br)c(Nc3ccc4ncn(C)c(=O)c4c3P(C)(C)=O)n2)c(OC)cc1N1CCC(NCCNC(=O)C2CCN(c3cc(F)c(C4CCC(=O)NC4=O)c(F)c3)C2)CC1. The number of carbonyl (C=O) groups excluding carboxylic acids is 3. The van der Waals surface area contributed by atoms with Crippen LogP contribution in [0.2, 0.25) is 0 Å². The largest absolute Gasteiger partial charge is 0.494 e. The van der Waals surface area contributed by atoms with E-state index in [0.717, 1.165) is 43.6 Å². The molecule has 17 nitrogen and oxygen atoms in total. The topological polar surface area (TPSA) is 205 Å². The molecule has 21 heteroatoms. The highest BCUT2D eigenvalue weighted by molar-refractivity contribution is 9.10. The third-order valence-electron chi connectivity index (χ3n) is 12.9. The number of hydrogen-bond donors (Lipinski definition) is 5. The molecule has 3 saturated heterocycles. The highest BCUT2D eigenvalue weighted by Crippen LogP contribution is 2.42. The van der Waals surface area contributed by atoms with E-state index in [-0.39, 0.29) is 47.8 Å². The summed E-state index contributed by atoms with van der Waals surface area (Å²) >= 11 is 3.55. The Hall–Kier alpha value is -5.98. The van der Waals surface area contributed by atoms with E-state index in [9.17, 15) is 23.7 Å².